The van der Waals surface area contributed by atoms with Crippen molar-refractivity contribution in [2.75, 3.05) is 0 Å². The Labute approximate surface area is 75.3 Å². The first kappa shape index (κ1) is 7.56. The average Bonchev–Trinajstić information content (AvgIpc) is 2.63. The summed E-state index contributed by atoms with van der Waals surface area (Å²) in [5, 5.41) is 0.699. The van der Waals surface area contributed by atoms with E-state index < -0.39 is 0 Å². The molecule has 0 aliphatic heterocycles. The first-order chi connectivity index (χ1) is 5.70. The van der Waals surface area contributed by atoms with Gasteiger partial charge >= 0.3 is 0 Å². The van der Waals surface area contributed by atoms with E-state index in [9.17, 15) is 4.79 Å². The van der Waals surface area contributed by atoms with E-state index in [1.807, 2.05) is 19.1 Å². The molecule has 12 heavy (non-hydrogen) atoms. The molecule has 0 unspecified atom stereocenters. The highest BCUT2D eigenvalue weighted by Gasteiger charge is 2.18. The van der Waals surface area contributed by atoms with Crippen LogP contribution in [0.3, 0.4) is 0 Å². The molecule has 2 aromatic carbocycles. The lowest BCUT2D eigenvalue weighted by atomic mass is 10.2. The summed E-state index contributed by atoms with van der Waals surface area (Å²) in [5.74, 6) is 0. The summed E-state index contributed by atoms with van der Waals surface area (Å²) in [6.45, 7) is 1.84. The third kappa shape index (κ3) is 1.07. The van der Waals surface area contributed by atoms with E-state index >= 15 is 0 Å². The number of benzene rings is 1. The minimum Gasteiger partial charge on any atom is -0.289 e. The monoisotopic (exact) mass is 178 g/mol. The maximum absolute atomic E-state index is 11.0. The lowest BCUT2D eigenvalue weighted by molar-refractivity contribution is 1.64. The van der Waals surface area contributed by atoms with Crippen LogP contribution in [0.4, 0.5) is 0 Å². The van der Waals surface area contributed by atoms with Crippen molar-refractivity contribution in [1.29, 1.82) is 0 Å². The van der Waals surface area contributed by atoms with Crippen molar-refractivity contribution >= 4 is 11.6 Å². The van der Waals surface area contributed by atoms with Gasteiger partial charge in [0.25, 0.3) is 0 Å². The molecule has 0 saturated carbocycles. The molecule has 0 N–H and O–H groups in total. The summed E-state index contributed by atoms with van der Waals surface area (Å²) in [6, 6.07) is 7.32. The van der Waals surface area contributed by atoms with Crippen molar-refractivity contribution in [3.05, 3.63) is 45.1 Å². The minimum absolute atomic E-state index is 0.178. The Morgan fingerprint density at radius 3 is 2.08 bits per heavy atom. The van der Waals surface area contributed by atoms with Gasteiger partial charge in [0.1, 0.15) is 0 Å². The largest absolute Gasteiger partial charge is 0.289 e. The van der Waals surface area contributed by atoms with Gasteiger partial charge in [0.05, 0.1) is 0 Å². The maximum atomic E-state index is 11.0. The van der Waals surface area contributed by atoms with Crippen LogP contribution in [0.1, 0.15) is 5.56 Å². The lowest BCUT2D eigenvalue weighted by Gasteiger charge is -1.91. The van der Waals surface area contributed by atoms with Gasteiger partial charge in [-0.15, -0.1) is 0 Å². The van der Waals surface area contributed by atoms with Crippen molar-refractivity contribution in [2.24, 2.45) is 0 Å². The fourth-order valence-corrected chi connectivity index (χ4v) is 1.35. The molecule has 0 spiro atoms. The molecule has 0 amide bonds. The number of halogens is 1. The summed E-state index contributed by atoms with van der Waals surface area (Å²) in [7, 11) is 0. The molecule has 2 heteroatoms. The molecule has 0 radical (unpaired) electrons. The molecule has 0 fully saturated rings. The van der Waals surface area contributed by atoms with Crippen LogP contribution < -0.4 is 5.43 Å². The Morgan fingerprint density at radius 2 is 1.67 bits per heavy atom. The molecule has 60 valence electrons. The number of rotatable bonds is 1. The van der Waals surface area contributed by atoms with Crippen LogP contribution in [-0.4, -0.2) is 0 Å². The molecule has 2 rings (SSSR count). The Kier molecular flexibility index (Phi) is 1.55. The zero-order valence-electron chi connectivity index (χ0n) is 6.60. The first-order valence-electron chi connectivity index (χ1n) is 3.71. The molecule has 0 aliphatic carbocycles. The van der Waals surface area contributed by atoms with E-state index in [0.29, 0.717) is 5.02 Å². The van der Waals surface area contributed by atoms with E-state index in [0.717, 1.165) is 16.7 Å². The van der Waals surface area contributed by atoms with Gasteiger partial charge in [-0.25, -0.2) is 0 Å². The third-order valence-corrected chi connectivity index (χ3v) is 2.27. The minimum atomic E-state index is 0.178. The topological polar surface area (TPSA) is 17.1 Å². The molecule has 1 nitrogen and oxygen atoms in total. The van der Waals surface area contributed by atoms with Crippen LogP contribution in [0.5, 0.6) is 0 Å². The molecular formula is C10H7ClO. The van der Waals surface area contributed by atoms with Crippen molar-refractivity contribution in [2.45, 2.75) is 6.92 Å². The van der Waals surface area contributed by atoms with Gasteiger partial charge in [0.2, 0.25) is 0 Å². The number of hydrogen-bond acceptors (Lipinski definition) is 1. The summed E-state index contributed by atoms with van der Waals surface area (Å²) in [6.07, 6.45) is 0. The number of hydrogen-bond donors (Lipinski definition) is 0. The Balaban J connectivity index is 2.44. The Bertz CT molecular complexity index is 419. The van der Waals surface area contributed by atoms with E-state index in [1.54, 1.807) is 12.1 Å². The van der Waals surface area contributed by atoms with Crippen molar-refractivity contribution < 1.29 is 0 Å². The van der Waals surface area contributed by atoms with Gasteiger partial charge in [-0.2, -0.15) is 0 Å². The van der Waals surface area contributed by atoms with E-state index in [4.69, 9.17) is 11.6 Å². The first-order valence-corrected chi connectivity index (χ1v) is 4.09. The second-order valence-electron chi connectivity index (χ2n) is 2.84. The summed E-state index contributed by atoms with van der Waals surface area (Å²) in [5.41, 5.74) is 2.88. The molecular weight excluding hydrogens is 172 g/mol. The quantitative estimate of drug-likeness (QED) is 0.656. The molecule has 2 aromatic rings. The van der Waals surface area contributed by atoms with E-state index in [-0.39, 0.29) is 5.43 Å². The highest BCUT2D eigenvalue weighted by Crippen LogP contribution is 2.25. The zero-order chi connectivity index (χ0) is 8.72. The highest BCUT2D eigenvalue weighted by molar-refractivity contribution is 6.30. The molecule has 0 atom stereocenters. The summed E-state index contributed by atoms with van der Waals surface area (Å²) < 4.78 is 0. The smallest absolute Gasteiger partial charge is 0.190 e. The highest BCUT2D eigenvalue weighted by atomic mass is 35.5. The van der Waals surface area contributed by atoms with Gasteiger partial charge in [0.15, 0.2) is 5.43 Å². The fourth-order valence-electron chi connectivity index (χ4n) is 1.22. The van der Waals surface area contributed by atoms with Crippen LogP contribution in [0.2, 0.25) is 5.02 Å². The summed E-state index contributed by atoms with van der Waals surface area (Å²) >= 11 is 5.71. The van der Waals surface area contributed by atoms with Gasteiger partial charge in [-0.3, -0.25) is 4.79 Å². The summed E-state index contributed by atoms with van der Waals surface area (Å²) in [4.78, 5) is 11.0. The SMILES string of the molecule is Cc1c(-c2ccc(Cl)cc2)c1=O. The molecule has 0 heterocycles. The van der Waals surface area contributed by atoms with Gasteiger partial charge in [-0.1, -0.05) is 23.7 Å². The van der Waals surface area contributed by atoms with Crippen LogP contribution in [0, 0.1) is 6.92 Å². The van der Waals surface area contributed by atoms with Crippen LogP contribution in [0.25, 0.3) is 11.1 Å². The van der Waals surface area contributed by atoms with Crippen LogP contribution in [0.15, 0.2) is 29.1 Å². The lowest BCUT2D eigenvalue weighted by Crippen LogP contribution is -1.76. The Hall–Kier alpha value is -1.08. The maximum Gasteiger partial charge on any atom is 0.190 e. The molecule has 0 aromatic heterocycles. The molecule has 0 aliphatic rings. The normalized spacial score (nSPS) is 10.8. The van der Waals surface area contributed by atoms with Gasteiger partial charge in [0, 0.05) is 16.1 Å². The second kappa shape index (κ2) is 2.46. The van der Waals surface area contributed by atoms with Crippen LogP contribution in [-0.2, 0) is 0 Å². The van der Waals surface area contributed by atoms with Crippen LogP contribution >= 0.6 is 11.6 Å². The van der Waals surface area contributed by atoms with E-state index in [1.165, 1.54) is 0 Å². The van der Waals surface area contributed by atoms with Gasteiger partial charge in [-0.05, 0) is 24.6 Å². The third-order valence-electron chi connectivity index (χ3n) is 2.01. The predicted molar refractivity (Wildman–Crippen MR) is 50.3 cm³/mol. The molecule has 0 bridgehead atoms. The molecule has 0 saturated heterocycles. The average molecular weight is 179 g/mol. The van der Waals surface area contributed by atoms with Crippen molar-refractivity contribution in [3.63, 3.8) is 0 Å². The zero-order valence-corrected chi connectivity index (χ0v) is 7.35. The predicted octanol–water partition coefficient (Wildman–Crippen LogP) is 2.55. The van der Waals surface area contributed by atoms with Gasteiger partial charge < -0.3 is 0 Å². The van der Waals surface area contributed by atoms with Crippen molar-refractivity contribution in [3.8, 4) is 11.1 Å². The second-order valence-corrected chi connectivity index (χ2v) is 3.27. The standard InChI is InChI=1S/C10H7ClO/c1-6-9(10(6)12)7-2-4-8(11)5-3-7/h2-5H,1H3. The van der Waals surface area contributed by atoms with Crippen molar-refractivity contribution in [1.82, 2.24) is 0 Å². The fraction of sp³-hybridized carbons (Fsp3) is 0.100. The van der Waals surface area contributed by atoms with E-state index in [2.05, 4.69) is 0 Å². The Morgan fingerprint density at radius 1 is 1.17 bits per heavy atom.